The Hall–Kier alpha value is -7.93. The SMILES string of the molecule is COc1ccc(N=Nc2ccc3c(O)c(N=Nc4cc(CO)c(N=Nc5ccc(N=Nc6ccc(N=Nc7ccccc7S(=O)(=O)O)c(C)c6)c(C)c5)cc4OC)ccc3c2)cc1. The van der Waals surface area contributed by atoms with E-state index >= 15 is 0 Å². The molecule has 7 aromatic carbocycles. The molecule has 0 aromatic heterocycles. The number of hydrogen-bond donors (Lipinski definition) is 3. The van der Waals surface area contributed by atoms with Crippen LogP contribution in [0, 0.1) is 13.8 Å². The van der Waals surface area contributed by atoms with Gasteiger partial charge in [-0.1, -0.05) is 18.2 Å². The number of aliphatic hydroxyl groups is 1. The van der Waals surface area contributed by atoms with Gasteiger partial charge in [0, 0.05) is 17.0 Å². The number of methoxy groups -OCH3 is 2. The van der Waals surface area contributed by atoms with Crippen molar-refractivity contribution >= 4 is 77.8 Å². The number of aromatic hydroxyl groups is 1. The van der Waals surface area contributed by atoms with E-state index < -0.39 is 10.1 Å². The Kier molecular flexibility index (Phi) is 13.2. The monoisotopic (exact) mass is 862 g/mol. The number of aryl methyl sites for hydroxylation is 2. The van der Waals surface area contributed by atoms with Gasteiger partial charge in [0.05, 0.1) is 60.6 Å². The maximum absolute atomic E-state index is 11.7. The summed E-state index contributed by atoms with van der Waals surface area (Å²) < 4.78 is 43.6. The summed E-state index contributed by atoms with van der Waals surface area (Å²) in [5, 5.41) is 65.5. The highest BCUT2D eigenvalue weighted by Crippen LogP contribution is 2.41. The van der Waals surface area contributed by atoms with Gasteiger partial charge in [-0.15, -0.1) is 15.3 Å². The molecular formula is C45H38N10O7S. The second kappa shape index (κ2) is 19.2. The van der Waals surface area contributed by atoms with Gasteiger partial charge in [-0.05, 0) is 133 Å². The highest BCUT2D eigenvalue weighted by Gasteiger charge is 2.15. The third-order valence-electron chi connectivity index (χ3n) is 9.44. The number of phenols is 1. The molecule has 0 saturated carbocycles. The van der Waals surface area contributed by atoms with Crippen molar-refractivity contribution in [2.24, 2.45) is 51.1 Å². The van der Waals surface area contributed by atoms with Gasteiger partial charge >= 0.3 is 0 Å². The lowest BCUT2D eigenvalue weighted by atomic mass is 10.1. The molecule has 0 radical (unpaired) electrons. The number of azo groups is 5. The predicted octanol–water partition coefficient (Wildman–Crippen LogP) is 14.0. The van der Waals surface area contributed by atoms with Crippen LogP contribution < -0.4 is 9.47 Å². The standard InChI is InChI=1S/C45H38N10O7S/c1-27-21-33(13-19-37(27)50-48-32-14-20-38(28(2)22-32)51-52-39-7-5-6-8-44(39)63(58,59)60)49-54-41-25-43(62-4)42(24-30(41)26-56)55-53-40-18-9-29-23-34(12-17-36(29)45(40)57)47-46-31-10-15-35(61-3)16-11-31/h5-25,56-57H,26H2,1-4H3,(H,58,59,60). The van der Waals surface area contributed by atoms with Crippen LogP contribution in [0.2, 0.25) is 0 Å². The molecule has 0 amide bonds. The third-order valence-corrected chi connectivity index (χ3v) is 10.3. The summed E-state index contributed by atoms with van der Waals surface area (Å²) in [4.78, 5) is -0.340. The molecule has 7 aromatic rings. The van der Waals surface area contributed by atoms with E-state index in [-0.39, 0.29) is 28.6 Å². The highest BCUT2D eigenvalue weighted by atomic mass is 32.2. The minimum Gasteiger partial charge on any atom is -0.505 e. The molecule has 7 rings (SSSR count). The second-order valence-corrected chi connectivity index (χ2v) is 15.1. The summed E-state index contributed by atoms with van der Waals surface area (Å²) in [6.45, 7) is 3.29. The van der Waals surface area contributed by atoms with E-state index in [1.54, 1.807) is 123 Å². The topological polar surface area (TPSA) is 237 Å². The average molecular weight is 863 g/mol. The van der Waals surface area contributed by atoms with Gasteiger partial charge in [-0.2, -0.15) is 44.2 Å². The molecule has 0 fully saturated rings. The van der Waals surface area contributed by atoms with Crippen LogP contribution in [-0.4, -0.2) is 37.4 Å². The van der Waals surface area contributed by atoms with Crippen molar-refractivity contribution in [3.63, 3.8) is 0 Å². The number of ether oxygens (including phenoxy) is 2. The quantitative estimate of drug-likeness (QED) is 0.0705. The Bertz CT molecular complexity index is 3100. The summed E-state index contributed by atoms with van der Waals surface area (Å²) in [6.07, 6.45) is 0. The Morgan fingerprint density at radius 1 is 0.508 bits per heavy atom. The number of nitrogens with zero attached hydrogens (tertiary/aromatic N) is 10. The molecular weight excluding hydrogens is 825 g/mol. The van der Waals surface area contributed by atoms with Gasteiger partial charge in [0.25, 0.3) is 10.1 Å². The number of aliphatic hydroxyl groups excluding tert-OH is 1. The first-order chi connectivity index (χ1) is 30.4. The van der Waals surface area contributed by atoms with E-state index in [1.165, 1.54) is 25.3 Å². The molecule has 0 aliphatic carbocycles. The van der Waals surface area contributed by atoms with Crippen molar-refractivity contribution < 1.29 is 32.7 Å². The fourth-order valence-corrected chi connectivity index (χ4v) is 6.71. The van der Waals surface area contributed by atoms with Crippen molar-refractivity contribution in [1.82, 2.24) is 0 Å². The van der Waals surface area contributed by atoms with Crippen molar-refractivity contribution in [3.8, 4) is 17.2 Å². The second-order valence-electron chi connectivity index (χ2n) is 13.7. The molecule has 0 heterocycles. The molecule has 0 saturated heterocycles. The molecule has 0 aliphatic heterocycles. The van der Waals surface area contributed by atoms with Gasteiger partial charge in [0.2, 0.25) is 0 Å². The first-order valence-electron chi connectivity index (χ1n) is 19.0. The molecule has 0 unspecified atom stereocenters. The van der Waals surface area contributed by atoms with Gasteiger partial charge in [0.15, 0.2) is 5.75 Å². The minimum atomic E-state index is -4.46. The van der Waals surface area contributed by atoms with E-state index in [9.17, 15) is 23.2 Å². The van der Waals surface area contributed by atoms with E-state index in [0.29, 0.717) is 67.8 Å². The van der Waals surface area contributed by atoms with Crippen molar-refractivity contribution in [1.29, 1.82) is 0 Å². The summed E-state index contributed by atoms with van der Waals surface area (Å²) in [5.41, 5.74) is 6.22. The normalized spacial score (nSPS) is 12.2. The zero-order chi connectivity index (χ0) is 44.5. The lowest BCUT2D eigenvalue weighted by Crippen LogP contribution is -1.97. The fourth-order valence-electron chi connectivity index (χ4n) is 6.08. The predicted molar refractivity (Wildman–Crippen MR) is 237 cm³/mol. The molecule has 3 N–H and O–H groups in total. The molecule has 0 spiro atoms. The van der Waals surface area contributed by atoms with E-state index in [4.69, 9.17) is 9.47 Å². The first-order valence-corrected chi connectivity index (χ1v) is 20.4. The largest absolute Gasteiger partial charge is 0.505 e. The number of rotatable bonds is 14. The smallest absolute Gasteiger partial charge is 0.296 e. The summed E-state index contributed by atoms with van der Waals surface area (Å²) in [5.74, 6) is 0.971. The third kappa shape index (κ3) is 10.5. The maximum Gasteiger partial charge on any atom is 0.296 e. The van der Waals surface area contributed by atoms with Crippen LogP contribution in [-0.2, 0) is 16.7 Å². The Morgan fingerprint density at radius 2 is 1.03 bits per heavy atom. The van der Waals surface area contributed by atoms with E-state index in [0.717, 1.165) is 16.7 Å². The van der Waals surface area contributed by atoms with Crippen LogP contribution in [0.15, 0.2) is 183 Å². The number of phenolic OH excluding ortho intramolecular Hbond substituents is 1. The van der Waals surface area contributed by atoms with Crippen LogP contribution in [0.25, 0.3) is 10.8 Å². The van der Waals surface area contributed by atoms with Crippen molar-refractivity contribution in [2.45, 2.75) is 25.3 Å². The zero-order valence-electron chi connectivity index (χ0n) is 34.2. The lowest BCUT2D eigenvalue weighted by Gasteiger charge is -2.09. The highest BCUT2D eigenvalue weighted by molar-refractivity contribution is 7.86. The Morgan fingerprint density at radius 3 is 1.67 bits per heavy atom. The molecule has 0 atom stereocenters. The summed E-state index contributed by atoms with van der Waals surface area (Å²) in [6, 6.07) is 35.2. The van der Waals surface area contributed by atoms with Gasteiger partial charge in [-0.3, -0.25) is 4.55 Å². The van der Waals surface area contributed by atoms with Crippen LogP contribution in [0.1, 0.15) is 16.7 Å². The first kappa shape index (κ1) is 43.2. The van der Waals surface area contributed by atoms with Crippen LogP contribution in [0.4, 0.5) is 56.9 Å². The van der Waals surface area contributed by atoms with E-state index in [2.05, 4.69) is 51.1 Å². The zero-order valence-corrected chi connectivity index (χ0v) is 35.0. The molecule has 63 heavy (non-hydrogen) atoms. The average Bonchev–Trinajstić information content (AvgIpc) is 3.29. The number of benzene rings is 7. The van der Waals surface area contributed by atoms with Crippen molar-refractivity contribution in [3.05, 3.63) is 144 Å². The molecule has 17 nitrogen and oxygen atoms in total. The number of hydrogen-bond acceptors (Lipinski definition) is 16. The molecule has 0 aliphatic rings. The van der Waals surface area contributed by atoms with E-state index in [1.807, 2.05) is 6.92 Å². The van der Waals surface area contributed by atoms with Gasteiger partial charge in [-0.25, -0.2) is 0 Å². The van der Waals surface area contributed by atoms with Crippen LogP contribution in [0.3, 0.4) is 0 Å². The molecule has 316 valence electrons. The number of fused-ring (bicyclic) bond motifs is 1. The maximum atomic E-state index is 11.7. The Balaban J connectivity index is 1.02. The van der Waals surface area contributed by atoms with Crippen LogP contribution in [0.5, 0.6) is 17.2 Å². The van der Waals surface area contributed by atoms with Gasteiger partial charge < -0.3 is 19.7 Å². The molecule has 18 heteroatoms. The fraction of sp³-hybridized carbons (Fsp3) is 0.111. The Labute approximate surface area is 361 Å². The summed E-state index contributed by atoms with van der Waals surface area (Å²) >= 11 is 0. The minimum absolute atomic E-state index is 0.00926. The summed E-state index contributed by atoms with van der Waals surface area (Å²) in [7, 11) is -1.40. The van der Waals surface area contributed by atoms with Crippen molar-refractivity contribution in [2.75, 3.05) is 14.2 Å². The molecule has 0 bridgehead atoms. The van der Waals surface area contributed by atoms with Gasteiger partial charge in [0.1, 0.15) is 33.5 Å². The lowest BCUT2D eigenvalue weighted by molar-refractivity contribution is 0.282. The van der Waals surface area contributed by atoms with Crippen LogP contribution >= 0.6 is 0 Å².